The molecule has 0 atom stereocenters. The van der Waals surface area contributed by atoms with Gasteiger partial charge in [-0.2, -0.15) is 0 Å². The van der Waals surface area contributed by atoms with Crippen LogP contribution < -0.4 is 15.8 Å². The number of hydrogen-bond acceptors (Lipinski definition) is 4. The van der Waals surface area contributed by atoms with Gasteiger partial charge < -0.3 is 15.2 Å². The summed E-state index contributed by atoms with van der Waals surface area (Å²) >= 11 is 0. The largest absolute Gasteiger partial charge is 0.371 e. The third-order valence-electron chi connectivity index (χ3n) is 4.16. The summed E-state index contributed by atoms with van der Waals surface area (Å²) in [5.41, 5.74) is 2.21. The van der Waals surface area contributed by atoms with E-state index >= 15 is 0 Å². The van der Waals surface area contributed by atoms with Crippen LogP contribution in [0.5, 0.6) is 0 Å². The summed E-state index contributed by atoms with van der Waals surface area (Å²) < 4.78 is 0. The van der Waals surface area contributed by atoms with Crippen molar-refractivity contribution >= 4 is 11.6 Å². The molecular weight excluding hydrogens is 304 g/mol. The molecule has 1 aromatic carbocycles. The second-order valence-corrected chi connectivity index (χ2v) is 6.05. The topological polar surface area (TPSA) is 78.1 Å². The number of rotatable bonds is 5. The van der Waals surface area contributed by atoms with E-state index in [0.29, 0.717) is 30.0 Å². The number of amides is 1. The molecule has 24 heavy (non-hydrogen) atoms. The van der Waals surface area contributed by atoms with Crippen molar-refractivity contribution in [2.45, 2.75) is 26.2 Å². The first kappa shape index (κ1) is 16.2. The number of H-pyrrole nitrogens is 1. The number of hydrogen-bond donors (Lipinski definition) is 2. The molecular formula is C18H22N4O2. The lowest BCUT2D eigenvalue weighted by atomic mass is 10.1. The van der Waals surface area contributed by atoms with E-state index in [2.05, 4.69) is 20.2 Å². The van der Waals surface area contributed by atoms with Crippen LogP contribution in [0.25, 0.3) is 0 Å². The second kappa shape index (κ2) is 7.29. The molecule has 0 bridgehead atoms. The highest BCUT2D eigenvalue weighted by Crippen LogP contribution is 2.24. The Balaban J connectivity index is 1.64. The van der Waals surface area contributed by atoms with Crippen molar-refractivity contribution in [2.24, 2.45) is 0 Å². The highest BCUT2D eigenvalue weighted by molar-refractivity contribution is 5.99. The van der Waals surface area contributed by atoms with E-state index in [1.54, 1.807) is 6.92 Å². The van der Waals surface area contributed by atoms with E-state index in [-0.39, 0.29) is 11.5 Å². The van der Waals surface area contributed by atoms with Crippen LogP contribution in [0, 0.1) is 6.92 Å². The van der Waals surface area contributed by atoms with Gasteiger partial charge in [0.15, 0.2) is 0 Å². The molecule has 0 aliphatic carbocycles. The molecule has 1 saturated heterocycles. The molecule has 126 valence electrons. The Morgan fingerprint density at radius 3 is 2.79 bits per heavy atom. The molecule has 2 heterocycles. The number of anilines is 1. The minimum atomic E-state index is -0.164. The van der Waals surface area contributed by atoms with Crippen molar-refractivity contribution in [3.8, 4) is 0 Å². The van der Waals surface area contributed by atoms with Crippen LogP contribution >= 0.6 is 0 Å². The third kappa shape index (κ3) is 3.82. The first-order valence-electron chi connectivity index (χ1n) is 8.32. The quantitative estimate of drug-likeness (QED) is 0.876. The number of nitrogens with zero attached hydrogens (tertiary/aromatic N) is 2. The van der Waals surface area contributed by atoms with Crippen molar-refractivity contribution in [3.63, 3.8) is 0 Å². The second-order valence-electron chi connectivity index (χ2n) is 6.05. The van der Waals surface area contributed by atoms with Crippen LogP contribution in [-0.2, 0) is 6.42 Å². The Morgan fingerprint density at radius 1 is 1.29 bits per heavy atom. The average molecular weight is 326 g/mol. The maximum Gasteiger partial charge on any atom is 0.253 e. The van der Waals surface area contributed by atoms with Crippen LogP contribution in [0.2, 0.25) is 0 Å². The lowest BCUT2D eigenvalue weighted by molar-refractivity contribution is 0.0954. The van der Waals surface area contributed by atoms with Gasteiger partial charge in [0.1, 0.15) is 5.82 Å². The maximum absolute atomic E-state index is 12.5. The predicted molar refractivity (Wildman–Crippen MR) is 93.5 cm³/mol. The smallest absolute Gasteiger partial charge is 0.253 e. The van der Waals surface area contributed by atoms with E-state index < -0.39 is 0 Å². The lowest BCUT2D eigenvalue weighted by Crippen LogP contribution is -2.29. The van der Waals surface area contributed by atoms with Crippen molar-refractivity contribution < 1.29 is 4.79 Å². The number of carbonyl (C=O) groups is 1. The highest BCUT2D eigenvalue weighted by Gasteiger charge is 2.18. The normalized spacial score (nSPS) is 14.0. The van der Waals surface area contributed by atoms with Crippen molar-refractivity contribution in [1.29, 1.82) is 0 Å². The molecule has 6 nitrogen and oxygen atoms in total. The fourth-order valence-electron chi connectivity index (χ4n) is 3.05. The van der Waals surface area contributed by atoms with Crippen LogP contribution in [0.3, 0.4) is 0 Å². The van der Waals surface area contributed by atoms with Gasteiger partial charge in [-0.3, -0.25) is 9.59 Å². The summed E-state index contributed by atoms with van der Waals surface area (Å²) in [5, 5.41) is 2.92. The number of para-hydroxylation sites is 1. The molecule has 2 aromatic rings. The van der Waals surface area contributed by atoms with Gasteiger partial charge in [0.05, 0.1) is 5.56 Å². The number of carbonyl (C=O) groups excluding carboxylic acids is 1. The lowest BCUT2D eigenvalue weighted by Gasteiger charge is -2.20. The van der Waals surface area contributed by atoms with Gasteiger partial charge in [-0.1, -0.05) is 12.1 Å². The SMILES string of the molecule is Cc1cc(=O)[nH]c(CCNC(=O)c2ccccc2N2CCCC2)n1. The van der Waals surface area contributed by atoms with Gasteiger partial charge in [0.25, 0.3) is 11.5 Å². The zero-order valence-corrected chi connectivity index (χ0v) is 13.8. The van der Waals surface area contributed by atoms with E-state index in [9.17, 15) is 9.59 Å². The summed E-state index contributed by atoms with van der Waals surface area (Å²) in [6, 6.07) is 9.16. The Morgan fingerprint density at radius 2 is 2.04 bits per heavy atom. The van der Waals surface area contributed by atoms with Gasteiger partial charge in [-0.05, 0) is 31.9 Å². The molecule has 6 heteroatoms. The number of aryl methyl sites for hydroxylation is 1. The van der Waals surface area contributed by atoms with Crippen molar-refractivity contribution in [1.82, 2.24) is 15.3 Å². The predicted octanol–water partition coefficient (Wildman–Crippen LogP) is 1.65. The summed E-state index contributed by atoms with van der Waals surface area (Å²) in [7, 11) is 0. The standard InChI is InChI=1S/C18H22N4O2/c1-13-12-17(23)21-16(20-13)8-9-19-18(24)14-6-2-3-7-15(14)22-10-4-5-11-22/h2-3,6-7,12H,4-5,8-11H2,1H3,(H,19,24)(H,20,21,23). The summed E-state index contributed by atoms with van der Waals surface area (Å²) in [6.07, 6.45) is 2.83. The Hall–Kier alpha value is -2.63. The van der Waals surface area contributed by atoms with Gasteiger partial charge in [-0.25, -0.2) is 4.98 Å². The summed E-state index contributed by atoms with van der Waals surface area (Å²) in [6.45, 7) is 4.21. The fraction of sp³-hybridized carbons (Fsp3) is 0.389. The molecule has 0 saturated carbocycles. The third-order valence-corrected chi connectivity index (χ3v) is 4.16. The molecule has 1 amide bonds. The molecule has 2 N–H and O–H groups in total. The number of nitrogens with one attached hydrogen (secondary N) is 2. The summed E-state index contributed by atoms with van der Waals surface area (Å²) in [4.78, 5) is 33.2. The molecule has 3 rings (SSSR count). The Kier molecular flexibility index (Phi) is 4.93. The average Bonchev–Trinajstić information content (AvgIpc) is 3.08. The minimum absolute atomic E-state index is 0.0903. The first-order chi connectivity index (χ1) is 11.6. The molecule has 1 aliphatic rings. The zero-order chi connectivity index (χ0) is 16.9. The van der Waals surface area contributed by atoms with E-state index in [1.165, 1.54) is 18.9 Å². The molecule has 0 spiro atoms. The monoisotopic (exact) mass is 326 g/mol. The minimum Gasteiger partial charge on any atom is -0.371 e. The van der Waals surface area contributed by atoms with Gasteiger partial charge in [0, 0.05) is 43.5 Å². The molecule has 1 aliphatic heterocycles. The Labute approximate surface area is 140 Å². The molecule has 0 radical (unpaired) electrons. The Bertz CT molecular complexity index is 779. The van der Waals surface area contributed by atoms with E-state index in [4.69, 9.17) is 0 Å². The molecule has 1 fully saturated rings. The van der Waals surface area contributed by atoms with Crippen LogP contribution in [0.1, 0.15) is 34.7 Å². The van der Waals surface area contributed by atoms with Gasteiger partial charge >= 0.3 is 0 Å². The molecule has 1 aromatic heterocycles. The van der Waals surface area contributed by atoms with Gasteiger partial charge in [-0.15, -0.1) is 0 Å². The van der Waals surface area contributed by atoms with E-state index in [0.717, 1.165) is 18.8 Å². The maximum atomic E-state index is 12.5. The fourth-order valence-corrected chi connectivity index (χ4v) is 3.05. The highest BCUT2D eigenvalue weighted by atomic mass is 16.1. The van der Waals surface area contributed by atoms with Crippen LogP contribution in [0.15, 0.2) is 35.1 Å². The summed E-state index contributed by atoms with van der Waals surface area (Å²) in [5.74, 6) is 0.501. The number of aromatic amines is 1. The van der Waals surface area contributed by atoms with Crippen LogP contribution in [-0.4, -0.2) is 35.5 Å². The first-order valence-corrected chi connectivity index (χ1v) is 8.32. The molecule has 0 unspecified atom stereocenters. The zero-order valence-electron chi connectivity index (χ0n) is 13.8. The van der Waals surface area contributed by atoms with Gasteiger partial charge in [0.2, 0.25) is 0 Å². The van der Waals surface area contributed by atoms with Crippen molar-refractivity contribution in [2.75, 3.05) is 24.5 Å². The van der Waals surface area contributed by atoms with E-state index in [1.807, 2.05) is 24.3 Å². The van der Waals surface area contributed by atoms with Crippen LogP contribution in [0.4, 0.5) is 5.69 Å². The van der Waals surface area contributed by atoms with Crippen molar-refractivity contribution in [3.05, 3.63) is 57.8 Å². The number of aromatic nitrogens is 2. The number of benzene rings is 1.